The molecule has 0 aliphatic heterocycles. The highest BCUT2D eigenvalue weighted by atomic mass is 16.3. The van der Waals surface area contributed by atoms with Gasteiger partial charge >= 0.3 is 0 Å². The standard InChI is InChI=1S/C15H26N2O/c1-13(2)7-8-16-9-10-17(14-5-6-14)12-15-4-3-11-18-15/h3-4,11,13-14,16H,5-10,12H2,1-2H3. The first-order valence-corrected chi connectivity index (χ1v) is 7.23. The molecule has 2 rings (SSSR count). The zero-order valence-electron chi connectivity index (χ0n) is 11.7. The van der Waals surface area contributed by atoms with Crippen LogP contribution in [0.1, 0.15) is 38.9 Å². The topological polar surface area (TPSA) is 28.4 Å². The van der Waals surface area contributed by atoms with Crippen molar-refractivity contribution in [1.82, 2.24) is 10.2 Å². The summed E-state index contributed by atoms with van der Waals surface area (Å²) >= 11 is 0. The number of hydrogen-bond acceptors (Lipinski definition) is 3. The van der Waals surface area contributed by atoms with Crippen molar-refractivity contribution in [2.75, 3.05) is 19.6 Å². The fraction of sp³-hybridized carbons (Fsp3) is 0.733. The maximum atomic E-state index is 5.44. The quantitative estimate of drug-likeness (QED) is 0.683. The highest BCUT2D eigenvalue weighted by Crippen LogP contribution is 2.27. The lowest BCUT2D eigenvalue weighted by atomic mass is 10.1. The summed E-state index contributed by atoms with van der Waals surface area (Å²) in [4.78, 5) is 2.54. The van der Waals surface area contributed by atoms with E-state index in [1.54, 1.807) is 6.26 Å². The molecule has 1 N–H and O–H groups in total. The highest BCUT2D eigenvalue weighted by molar-refractivity contribution is 4.99. The van der Waals surface area contributed by atoms with Crippen LogP contribution in [0.15, 0.2) is 22.8 Å². The van der Waals surface area contributed by atoms with Crippen LogP contribution in [0.2, 0.25) is 0 Å². The van der Waals surface area contributed by atoms with Gasteiger partial charge in [-0.25, -0.2) is 0 Å². The van der Waals surface area contributed by atoms with Crippen molar-refractivity contribution in [3.8, 4) is 0 Å². The SMILES string of the molecule is CC(C)CCNCCN(Cc1ccco1)C1CC1. The number of furan rings is 1. The van der Waals surface area contributed by atoms with Crippen LogP contribution in [0, 0.1) is 5.92 Å². The largest absolute Gasteiger partial charge is 0.468 e. The molecule has 0 saturated heterocycles. The van der Waals surface area contributed by atoms with Crippen molar-refractivity contribution in [2.24, 2.45) is 5.92 Å². The van der Waals surface area contributed by atoms with Crippen molar-refractivity contribution in [2.45, 2.75) is 45.7 Å². The Bertz CT molecular complexity index is 317. The Kier molecular flexibility index (Phi) is 5.26. The molecular weight excluding hydrogens is 224 g/mol. The van der Waals surface area contributed by atoms with Crippen LogP contribution in [0.25, 0.3) is 0 Å². The molecule has 0 bridgehead atoms. The molecule has 0 spiro atoms. The van der Waals surface area contributed by atoms with Gasteiger partial charge in [0.05, 0.1) is 12.8 Å². The summed E-state index contributed by atoms with van der Waals surface area (Å²) in [5.74, 6) is 1.88. The first kappa shape index (κ1) is 13.6. The van der Waals surface area contributed by atoms with E-state index in [2.05, 4.69) is 30.1 Å². The van der Waals surface area contributed by atoms with Gasteiger partial charge in [0.2, 0.25) is 0 Å². The predicted octanol–water partition coefficient (Wildman–Crippen LogP) is 2.88. The van der Waals surface area contributed by atoms with E-state index in [4.69, 9.17) is 4.42 Å². The van der Waals surface area contributed by atoms with E-state index in [1.165, 1.54) is 19.3 Å². The van der Waals surface area contributed by atoms with Crippen LogP contribution in [0.4, 0.5) is 0 Å². The molecule has 102 valence electrons. The molecule has 18 heavy (non-hydrogen) atoms. The molecule has 3 nitrogen and oxygen atoms in total. The lowest BCUT2D eigenvalue weighted by Crippen LogP contribution is -2.33. The average Bonchev–Trinajstić information content (AvgIpc) is 3.05. The first-order valence-electron chi connectivity index (χ1n) is 7.23. The Morgan fingerprint density at radius 3 is 2.83 bits per heavy atom. The molecule has 0 unspecified atom stereocenters. The number of rotatable bonds is 9. The van der Waals surface area contributed by atoms with Crippen LogP contribution in [-0.2, 0) is 6.54 Å². The van der Waals surface area contributed by atoms with Gasteiger partial charge in [-0.15, -0.1) is 0 Å². The molecule has 1 fully saturated rings. The number of nitrogens with one attached hydrogen (secondary N) is 1. The molecule has 3 heteroatoms. The van der Waals surface area contributed by atoms with Crippen molar-refractivity contribution in [1.29, 1.82) is 0 Å². The molecule has 1 aliphatic rings. The minimum absolute atomic E-state index is 0.792. The number of hydrogen-bond donors (Lipinski definition) is 1. The summed E-state index contributed by atoms with van der Waals surface area (Å²) in [6.07, 6.45) is 5.74. The van der Waals surface area contributed by atoms with Crippen LogP contribution < -0.4 is 5.32 Å². The average molecular weight is 250 g/mol. The molecule has 0 aromatic carbocycles. The highest BCUT2D eigenvalue weighted by Gasteiger charge is 2.28. The van der Waals surface area contributed by atoms with Crippen LogP contribution in [-0.4, -0.2) is 30.6 Å². The van der Waals surface area contributed by atoms with E-state index in [0.29, 0.717) is 0 Å². The normalized spacial score (nSPS) is 15.8. The smallest absolute Gasteiger partial charge is 0.117 e. The van der Waals surface area contributed by atoms with E-state index >= 15 is 0 Å². The monoisotopic (exact) mass is 250 g/mol. The summed E-state index contributed by atoms with van der Waals surface area (Å²) in [6, 6.07) is 4.84. The molecule has 0 amide bonds. The third-order valence-electron chi connectivity index (χ3n) is 3.48. The molecule has 0 atom stereocenters. The zero-order chi connectivity index (χ0) is 12.8. The maximum Gasteiger partial charge on any atom is 0.117 e. The van der Waals surface area contributed by atoms with E-state index in [0.717, 1.165) is 43.9 Å². The Balaban J connectivity index is 1.64. The van der Waals surface area contributed by atoms with Gasteiger partial charge in [-0.2, -0.15) is 0 Å². The molecule has 1 aliphatic carbocycles. The third-order valence-corrected chi connectivity index (χ3v) is 3.48. The van der Waals surface area contributed by atoms with Gasteiger partial charge in [-0.1, -0.05) is 13.8 Å². The Morgan fingerprint density at radius 1 is 1.39 bits per heavy atom. The summed E-state index contributed by atoms with van der Waals surface area (Å²) in [7, 11) is 0. The van der Waals surface area contributed by atoms with Gasteiger partial charge < -0.3 is 9.73 Å². The Hall–Kier alpha value is -0.800. The van der Waals surface area contributed by atoms with E-state index in [1.807, 2.05) is 6.07 Å². The second kappa shape index (κ2) is 6.95. The summed E-state index contributed by atoms with van der Waals surface area (Å²) in [6.45, 7) is 8.86. The fourth-order valence-corrected chi connectivity index (χ4v) is 2.17. The van der Waals surface area contributed by atoms with Gasteiger partial charge in [0.15, 0.2) is 0 Å². The van der Waals surface area contributed by atoms with Crippen LogP contribution in [0.3, 0.4) is 0 Å². The van der Waals surface area contributed by atoms with Crippen molar-refractivity contribution >= 4 is 0 Å². The van der Waals surface area contributed by atoms with Gasteiger partial charge in [-0.3, -0.25) is 4.90 Å². The predicted molar refractivity (Wildman–Crippen MR) is 74.5 cm³/mol. The summed E-state index contributed by atoms with van der Waals surface area (Å²) in [5, 5.41) is 3.54. The minimum Gasteiger partial charge on any atom is -0.468 e. The van der Waals surface area contributed by atoms with Crippen LogP contribution in [0.5, 0.6) is 0 Å². The van der Waals surface area contributed by atoms with Gasteiger partial charge in [0.25, 0.3) is 0 Å². The van der Waals surface area contributed by atoms with Crippen molar-refractivity contribution in [3.05, 3.63) is 24.2 Å². The molecule has 1 aromatic rings. The summed E-state index contributed by atoms with van der Waals surface area (Å²) < 4.78 is 5.44. The Labute approximate surface area is 111 Å². The molecular formula is C15H26N2O. The molecule has 1 saturated carbocycles. The van der Waals surface area contributed by atoms with Gasteiger partial charge in [-0.05, 0) is 43.9 Å². The van der Waals surface area contributed by atoms with E-state index in [9.17, 15) is 0 Å². The summed E-state index contributed by atoms with van der Waals surface area (Å²) in [5.41, 5.74) is 0. The first-order chi connectivity index (χ1) is 8.75. The van der Waals surface area contributed by atoms with Crippen molar-refractivity contribution < 1.29 is 4.42 Å². The second-order valence-corrected chi connectivity index (χ2v) is 5.71. The minimum atomic E-state index is 0.792. The lowest BCUT2D eigenvalue weighted by molar-refractivity contribution is 0.233. The van der Waals surface area contributed by atoms with Crippen LogP contribution >= 0.6 is 0 Å². The fourth-order valence-electron chi connectivity index (χ4n) is 2.17. The number of nitrogens with zero attached hydrogens (tertiary/aromatic N) is 1. The molecule has 1 aromatic heterocycles. The lowest BCUT2D eigenvalue weighted by Gasteiger charge is -2.21. The van der Waals surface area contributed by atoms with Gasteiger partial charge in [0, 0.05) is 19.1 Å². The Morgan fingerprint density at radius 2 is 2.22 bits per heavy atom. The molecule has 1 heterocycles. The maximum absolute atomic E-state index is 5.44. The third kappa shape index (κ3) is 4.83. The zero-order valence-corrected chi connectivity index (χ0v) is 11.7. The van der Waals surface area contributed by atoms with E-state index in [-0.39, 0.29) is 0 Å². The second-order valence-electron chi connectivity index (χ2n) is 5.71. The molecule has 0 radical (unpaired) electrons. The van der Waals surface area contributed by atoms with Crippen molar-refractivity contribution in [3.63, 3.8) is 0 Å². The van der Waals surface area contributed by atoms with E-state index < -0.39 is 0 Å². The van der Waals surface area contributed by atoms with Gasteiger partial charge in [0.1, 0.15) is 5.76 Å².